The Bertz CT molecular complexity index is 528. The summed E-state index contributed by atoms with van der Waals surface area (Å²) < 4.78 is 0. The number of hydrogen-bond donors (Lipinski definition) is 0. The van der Waals surface area contributed by atoms with Crippen LogP contribution in [0.1, 0.15) is 32.3 Å². The van der Waals surface area contributed by atoms with E-state index in [1.165, 1.54) is 29.2 Å². The molecular weight excluding hydrogens is 310 g/mol. The van der Waals surface area contributed by atoms with Crippen molar-refractivity contribution in [3.05, 3.63) is 48.0 Å². The second-order valence-corrected chi connectivity index (χ2v) is 6.06. The van der Waals surface area contributed by atoms with E-state index in [1.54, 1.807) is 0 Å². The van der Waals surface area contributed by atoms with Gasteiger partial charge in [-0.25, -0.2) is 0 Å². The van der Waals surface area contributed by atoms with Crippen LogP contribution in [0.4, 0.5) is 0 Å². The summed E-state index contributed by atoms with van der Waals surface area (Å²) in [4.78, 5) is 2.61. The molecule has 108 valence electrons. The molecule has 2 aromatic carbocycles. The van der Waals surface area contributed by atoms with E-state index in [0.29, 0.717) is 6.04 Å². The molecule has 0 saturated heterocycles. The molecule has 0 unspecified atom stereocenters. The molecular formula is C18H24BrN. The Labute approximate surface area is 131 Å². The van der Waals surface area contributed by atoms with Gasteiger partial charge in [-0.05, 0) is 29.2 Å². The molecule has 0 aliphatic carbocycles. The lowest BCUT2D eigenvalue weighted by atomic mass is 10.0. The Morgan fingerprint density at radius 1 is 1.00 bits per heavy atom. The van der Waals surface area contributed by atoms with Crippen molar-refractivity contribution in [2.45, 2.75) is 39.3 Å². The fourth-order valence-electron chi connectivity index (χ4n) is 2.95. The van der Waals surface area contributed by atoms with Gasteiger partial charge in [0, 0.05) is 24.5 Å². The number of alkyl halides is 1. The monoisotopic (exact) mass is 333 g/mol. The van der Waals surface area contributed by atoms with Crippen LogP contribution >= 0.6 is 15.9 Å². The Kier molecular flexibility index (Phi) is 6.06. The molecule has 0 aliphatic rings. The van der Waals surface area contributed by atoms with E-state index in [4.69, 9.17) is 0 Å². The smallest absolute Gasteiger partial charge is 0.0243 e. The lowest BCUT2D eigenvalue weighted by molar-refractivity contribution is 0.190. The fraction of sp³-hybridized carbons (Fsp3) is 0.444. The van der Waals surface area contributed by atoms with Gasteiger partial charge in [0.1, 0.15) is 0 Å². The van der Waals surface area contributed by atoms with E-state index in [1.807, 2.05) is 0 Å². The summed E-state index contributed by atoms with van der Waals surface area (Å²) in [6.45, 7) is 6.73. The SMILES string of the molecule is CCC(CC)N(CCBr)Cc1cccc2ccccc12. The van der Waals surface area contributed by atoms with E-state index in [9.17, 15) is 0 Å². The third-order valence-electron chi connectivity index (χ3n) is 4.08. The molecule has 0 atom stereocenters. The molecule has 20 heavy (non-hydrogen) atoms. The summed E-state index contributed by atoms with van der Waals surface area (Å²) in [5.74, 6) is 0. The molecule has 0 fully saturated rings. The van der Waals surface area contributed by atoms with Gasteiger partial charge >= 0.3 is 0 Å². The van der Waals surface area contributed by atoms with Gasteiger partial charge in [-0.2, -0.15) is 0 Å². The van der Waals surface area contributed by atoms with Crippen LogP contribution in [0.25, 0.3) is 10.8 Å². The predicted molar refractivity (Wildman–Crippen MR) is 92.5 cm³/mol. The van der Waals surface area contributed by atoms with Crippen LogP contribution in [0.15, 0.2) is 42.5 Å². The van der Waals surface area contributed by atoms with E-state index in [0.717, 1.165) is 18.4 Å². The third-order valence-corrected chi connectivity index (χ3v) is 4.44. The molecule has 0 spiro atoms. The average molecular weight is 334 g/mol. The highest BCUT2D eigenvalue weighted by Crippen LogP contribution is 2.22. The predicted octanol–water partition coefficient (Wildman–Crippen LogP) is 5.23. The van der Waals surface area contributed by atoms with Crippen LogP contribution in [0.3, 0.4) is 0 Å². The summed E-state index contributed by atoms with van der Waals surface area (Å²) in [5.41, 5.74) is 1.44. The second kappa shape index (κ2) is 7.80. The Morgan fingerprint density at radius 2 is 1.70 bits per heavy atom. The summed E-state index contributed by atoms with van der Waals surface area (Å²) in [7, 11) is 0. The Hall–Kier alpha value is -0.860. The van der Waals surface area contributed by atoms with Gasteiger partial charge in [0.05, 0.1) is 0 Å². The Morgan fingerprint density at radius 3 is 2.40 bits per heavy atom. The number of rotatable bonds is 7. The molecule has 0 aliphatic heterocycles. The highest BCUT2D eigenvalue weighted by molar-refractivity contribution is 9.09. The van der Waals surface area contributed by atoms with Gasteiger partial charge < -0.3 is 0 Å². The summed E-state index contributed by atoms with van der Waals surface area (Å²) in [5, 5.41) is 3.77. The maximum Gasteiger partial charge on any atom is 0.0243 e. The van der Waals surface area contributed by atoms with E-state index >= 15 is 0 Å². The zero-order chi connectivity index (χ0) is 14.4. The first-order valence-corrected chi connectivity index (χ1v) is 8.69. The summed E-state index contributed by atoms with van der Waals surface area (Å²) in [6.07, 6.45) is 2.43. The number of hydrogen-bond acceptors (Lipinski definition) is 1. The molecule has 0 saturated carbocycles. The largest absolute Gasteiger partial charge is 0.295 e. The molecule has 0 heterocycles. The lowest BCUT2D eigenvalue weighted by Gasteiger charge is -2.30. The molecule has 0 bridgehead atoms. The van der Waals surface area contributed by atoms with E-state index in [-0.39, 0.29) is 0 Å². The topological polar surface area (TPSA) is 3.24 Å². The minimum Gasteiger partial charge on any atom is -0.295 e. The van der Waals surface area contributed by atoms with Crippen molar-refractivity contribution in [3.63, 3.8) is 0 Å². The summed E-state index contributed by atoms with van der Waals surface area (Å²) >= 11 is 3.60. The average Bonchev–Trinajstić information content (AvgIpc) is 2.49. The maximum atomic E-state index is 3.60. The molecule has 2 heteroatoms. The fourth-order valence-corrected chi connectivity index (χ4v) is 3.41. The molecule has 0 amide bonds. The van der Waals surface area contributed by atoms with Gasteiger partial charge in [-0.3, -0.25) is 4.90 Å². The Balaban J connectivity index is 2.28. The molecule has 2 rings (SSSR count). The van der Waals surface area contributed by atoms with Crippen molar-refractivity contribution in [2.75, 3.05) is 11.9 Å². The van der Waals surface area contributed by atoms with Crippen LogP contribution in [-0.2, 0) is 6.54 Å². The number of benzene rings is 2. The molecule has 1 nitrogen and oxygen atoms in total. The van der Waals surface area contributed by atoms with Crippen LogP contribution in [0.5, 0.6) is 0 Å². The number of fused-ring (bicyclic) bond motifs is 1. The number of nitrogens with zero attached hydrogens (tertiary/aromatic N) is 1. The first-order valence-electron chi connectivity index (χ1n) is 7.56. The zero-order valence-electron chi connectivity index (χ0n) is 12.5. The number of halogens is 1. The van der Waals surface area contributed by atoms with Gasteiger partial charge in [0.2, 0.25) is 0 Å². The van der Waals surface area contributed by atoms with Crippen molar-refractivity contribution in [2.24, 2.45) is 0 Å². The van der Waals surface area contributed by atoms with Crippen molar-refractivity contribution in [3.8, 4) is 0 Å². The van der Waals surface area contributed by atoms with Crippen molar-refractivity contribution in [1.82, 2.24) is 4.90 Å². The lowest BCUT2D eigenvalue weighted by Crippen LogP contribution is -2.35. The van der Waals surface area contributed by atoms with Crippen LogP contribution in [-0.4, -0.2) is 22.8 Å². The minimum atomic E-state index is 0.673. The van der Waals surface area contributed by atoms with Crippen molar-refractivity contribution < 1.29 is 0 Å². The van der Waals surface area contributed by atoms with E-state index in [2.05, 4.69) is 77.1 Å². The molecule has 0 aromatic heterocycles. The first kappa shape index (κ1) is 15.5. The van der Waals surface area contributed by atoms with Gasteiger partial charge in [0.15, 0.2) is 0 Å². The summed E-state index contributed by atoms with van der Waals surface area (Å²) in [6, 6.07) is 16.0. The molecule has 0 radical (unpaired) electrons. The van der Waals surface area contributed by atoms with Crippen molar-refractivity contribution in [1.29, 1.82) is 0 Å². The highest BCUT2D eigenvalue weighted by Gasteiger charge is 2.15. The highest BCUT2D eigenvalue weighted by atomic mass is 79.9. The van der Waals surface area contributed by atoms with Gasteiger partial charge in [-0.1, -0.05) is 72.2 Å². The molecule has 0 N–H and O–H groups in total. The van der Waals surface area contributed by atoms with Crippen molar-refractivity contribution >= 4 is 26.7 Å². The van der Waals surface area contributed by atoms with Crippen LogP contribution in [0, 0.1) is 0 Å². The first-order chi connectivity index (χ1) is 9.80. The standard InChI is InChI=1S/C18H24BrN/c1-3-17(4-2)20(13-12-19)14-16-10-7-9-15-8-5-6-11-18(15)16/h5-11,17H,3-4,12-14H2,1-2H3. The second-order valence-electron chi connectivity index (χ2n) is 5.27. The zero-order valence-corrected chi connectivity index (χ0v) is 14.1. The van der Waals surface area contributed by atoms with E-state index < -0.39 is 0 Å². The molecule has 2 aromatic rings. The quantitative estimate of drug-likeness (QED) is 0.627. The van der Waals surface area contributed by atoms with Crippen LogP contribution in [0.2, 0.25) is 0 Å². The maximum absolute atomic E-state index is 3.60. The van der Waals surface area contributed by atoms with Gasteiger partial charge in [0.25, 0.3) is 0 Å². The minimum absolute atomic E-state index is 0.673. The third kappa shape index (κ3) is 3.62. The normalized spacial score (nSPS) is 11.7. The van der Waals surface area contributed by atoms with Gasteiger partial charge in [-0.15, -0.1) is 0 Å². The van der Waals surface area contributed by atoms with Crippen LogP contribution < -0.4 is 0 Å².